The fraction of sp³-hybridized carbons (Fsp3) is 0.250. The predicted octanol–water partition coefficient (Wildman–Crippen LogP) is 5.80. The van der Waals surface area contributed by atoms with Gasteiger partial charge in [-0.1, -0.05) is 66.7 Å². The molecule has 0 amide bonds. The highest BCUT2D eigenvalue weighted by Crippen LogP contribution is 2.49. The van der Waals surface area contributed by atoms with Gasteiger partial charge in [-0.2, -0.15) is 0 Å². The summed E-state index contributed by atoms with van der Waals surface area (Å²) in [5, 5.41) is 8.10. The molecule has 0 aromatic heterocycles. The molecule has 0 saturated heterocycles. The summed E-state index contributed by atoms with van der Waals surface area (Å²) in [7, 11) is 0. The molecule has 4 atom stereocenters. The van der Waals surface area contributed by atoms with Gasteiger partial charge >= 0.3 is 0 Å². The van der Waals surface area contributed by atoms with E-state index in [4.69, 9.17) is 5.73 Å². The Balaban J connectivity index is 1.61. The first-order valence-corrected chi connectivity index (χ1v) is 9.40. The van der Waals surface area contributed by atoms with Crippen LogP contribution in [0.3, 0.4) is 0 Å². The lowest BCUT2D eigenvalue weighted by atomic mass is 9.81. The summed E-state index contributed by atoms with van der Waals surface area (Å²) in [5.41, 5.74) is 8.18. The van der Waals surface area contributed by atoms with Crippen molar-refractivity contribution in [3.8, 4) is 0 Å². The van der Waals surface area contributed by atoms with E-state index in [1.54, 1.807) is 0 Å². The number of hydrogen-bond donors (Lipinski definition) is 1. The van der Waals surface area contributed by atoms with Crippen LogP contribution in [-0.2, 0) is 0 Å². The summed E-state index contributed by atoms with van der Waals surface area (Å²) in [6.45, 7) is 0. The summed E-state index contributed by atoms with van der Waals surface area (Å²) in [6.07, 6.45) is 7.38. The zero-order chi connectivity index (χ0) is 16.5. The molecule has 2 aliphatic rings. The lowest BCUT2D eigenvalue weighted by Crippen LogP contribution is -2.24. The average molecular weight is 323 g/mol. The third-order valence-electron chi connectivity index (χ3n) is 6.71. The molecular formula is C24H21N. The quantitative estimate of drug-likeness (QED) is 0.366. The van der Waals surface area contributed by atoms with Crippen LogP contribution in [0.25, 0.3) is 32.3 Å². The van der Waals surface area contributed by atoms with Crippen LogP contribution in [0.5, 0.6) is 0 Å². The maximum atomic E-state index is 6.85. The molecule has 1 saturated carbocycles. The lowest BCUT2D eigenvalue weighted by Gasteiger charge is -2.27. The largest absolute Gasteiger partial charge is 0.324 e. The van der Waals surface area contributed by atoms with Crippen molar-refractivity contribution in [1.82, 2.24) is 0 Å². The zero-order valence-corrected chi connectivity index (χ0v) is 14.2. The second-order valence-electron chi connectivity index (χ2n) is 7.98. The topological polar surface area (TPSA) is 26.0 Å². The SMILES string of the molecule is NC(c1ccc2ccc3cccc4ccc1c2c34)C1CC2C=CC1C2. The third kappa shape index (κ3) is 1.82. The van der Waals surface area contributed by atoms with Crippen molar-refractivity contribution in [3.05, 3.63) is 72.3 Å². The van der Waals surface area contributed by atoms with E-state index in [1.165, 1.54) is 50.7 Å². The summed E-state index contributed by atoms with van der Waals surface area (Å²) >= 11 is 0. The number of benzene rings is 4. The predicted molar refractivity (Wildman–Crippen MR) is 106 cm³/mol. The van der Waals surface area contributed by atoms with Crippen molar-refractivity contribution < 1.29 is 0 Å². The van der Waals surface area contributed by atoms with Gasteiger partial charge in [-0.15, -0.1) is 0 Å². The number of rotatable bonds is 2. The molecule has 0 spiro atoms. The smallest absolute Gasteiger partial charge is 0.0335 e. The number of fused-ring (bicyclic) bond motifs is 2. The first kappa shape index (κ1) is 13.9. The molecule has 4 aromatic carbocycles. The van der Waals surface area contributed by atoms with Gasteiger partial charge in [0, 0.05) is 6.04 Å². The van der Waals surface area contributed by atoms with E-state index in [1.807, 2.05) is 0 Å². The Kier molecular flexibility index (Phi) is 2.68. The zero-order valence-electron chi connectivity index (χ0n) is 14.2. The van der Waals surface area contributed by atoms with Crippen LogP contribution in [-0.4, -0.2) is 0 Å². The Hall–Kier alpha value is -2.38. The van der Waals surface area contributed by atoms with Gasteiger partial charge in [0.05, 0.1) is 0 Å². The third-order valence-corrected chi connectivity index (χ3v) is 6.71. The molecule has 6 rings (SSSR count). The van der Waals surface area contributed by atoms with E-state index in [0.717, 1.165) is 5.92 Å². The average Bonchev–Trinajstić information content (AvgIpc) is 3.29. The van der Waals surface area contributed by atoms with Crippen LogP contribution in [0.4, 0.5) is 0 Å². The second-order valence-corrected chi connectivity index (χ2v) is 7.98. The minimum absolute atomic E-state index is 0.129. The van der Waals surface area contributed by atoms with Gasteiger partial charge in [-0.3, -0.25) is 0 Å². The minimum Gasteiger partial charge on any atom is -0.324 e. The highest BCUT2D eigenvalue weighted by Gasteiger charge is 2.39. The van der Waals surface area contributed by atoms with Gasteiger partial charge in [0.15, 0.2) is 0 Å². The van der Waals surface area contributed by atoms with Crippen LogP contribution >= 0.6 is 0 Å². The van der Waals surface area contributed by atoms with E-state index in [-0.39, 0.29) is 6.04 Å². The highest BCUT2D eigenvalue weighted by atomic mass is 14.7. The Morgan fingerprint density at radius 3 is 2.20 bits per heavy atom. The van der Waals surface area contributed by atoms with Crippen molar-refractivity contribution in [2.24, 2.45) is 23.5 Å². The molecule has 25 heavy (non-hydrogen) atoms. The van der Waals surface area contributed by atoms with E-state index < -0.39 is 0 Å². The Morgan fingerprint density at radius 1 is 0.760 bits per heavy atom. The molecule has 4 aromatic rings. The van der Waals surface area contributed by atoms with Gasteiger partial charge in [0.25, 0.3) is 0 Å². The van der Waals surface area contributed by atoms with Crippen molar-refractivity contribution in [1.29, 1.82) is 0 Å². The van der Waals surface area contributed by atoms with Crippen molar-refractivity contribution in [2.75, 3.05) is 0 Å². The molecular weight excluding hydrogens is 302 g/mol. The number of allylic oxidation sites excluding steroid dienone is 2. The molecule has 0 radical (unpaired) electrons. The van der Waals surface area contributed by atoms with Crippen LogP contribution in [0.1, 0.15) is 24.4 Å². The van der Waals surface area contributed by atoms with Gasteiger partial charge in [0.2, 0.25) is 0 Å². The molecule has 1 nitrogen and oxygen atoms in total. The van der Waals surface area contributed by atoms with E-state index in [0.29, 0.717) is 11.8 Å². The molecule has 1 heteroatoms. The van der Waals surface area contributed by atoms with Crippen LogP contribution < -0.4 is 5.73 Å². The van der Waals surface area contributed by atoms with Gasteiger partial charge < -0.3 is 5.73 Å². The monoisotopic (exact) mass is 323 g/mol. The Morgan fingerprint density at radius 2 is 1.48 bits per heavy atom. The molecule has 2 N–H and O–H groups in total. The molecule has 2 bridgehead atoms. The van der Waals surface area contributed by atoms with Crippen molar-refractivity contribution in [3.63, 3.8) is 0 Å². The fourth-order valence-corrected chi connectivity index (χ4v) is 5.52. The minimum atomic E-state index is 0.129. The summed E-state index contributed by atoms with van der Waals surface area (Å²) in [4.78, 5) is 0. The van der Waals surface area contributed by atoms with Crippen LogP contribution in [0.2, 0.25) is 0 Å². The summed E-state index contributed by atoms with van der Waals surface area (Å²) in [6, 6.07) is 20.3. The first-order valence-electron chi connectivity index (χ1n) is 9.40. The molecule has 0 heterocycles. The molecule has 1 fully saturated rings. The molecule has 2 aliphatic carbocycles. The lowest BCUT2D eigenvalue weighted by molar-refractivity contribution is 0.372. The summed E-state index contributed by atoms with van der Waals surface area (Å²) in [5.74, 6) is 2.04. The second kappa shape index (κ2) is 4.83. The highest BCUT2D eigenvalue weighted by molar-refractivity contribution is 6.23. The Bertz CT molecular complexity index is 1120. The number of nitrogens with two attached hydrogens (primary N) is 1. The van der Waals surface area contributed by atoms with Gasteiger partial charge in [-0.05, 0) is 68.5 Å². The number of hydrogen-bond acceptors (Lipinski definition) is 1. The molecule has 0 aliphatic heterocycles. The summed E-state index contributed by atoms with van der Waals surface area (Å²) < 4.78 is 0. The van der Waals surface area contributed by atoms with Crippen LogP contribution in [0, 0.1) is 17.8 Å². The maximum Gasteiger partial charge on any atom is 0.0335 e. The molecule has 4 unspecified atom stereocenters. The standard InChI is InChI=1S/C24H21N/c25-24(21-13-14-4-5-18(21)12-14)20-11-9-17-7-6-15-2-1-3-16-8-10-19(20)23(17)22(15)16/h1-11,14,18,21,24H,12-13,25H2. The van der Waals surface area contributed by atoms with Gasteiger partial charge in [0.1, 0.15) is 0 Å². The fourth-order valence-electron chi connectivity index (χ4n) is 5.52. The van der Waals surface area contributed by atoms with E-state index in [9.17, 15) is 0 Å². The first-order chi connectivity index (χ1) is 12.3. The normalized spacial score (nSPS) is 26.4. The Labute approximate surface area is 147 Å². The maximum absolute atomic E-state index is 6.85. The van der Waals surface area contributed by atoms with E-state index in [2.05, 4.69) is 66.7 Å². The van der Waals surface area contributed by atoms with Crippen molar-refractivity contribution >= 4 is 32.3 Å². The molecule has 122 valence electrons. The van der Waals surface area contributed by atoms with Gasteiger partial charge in [-0.25, -0.2) is 0 Å². The van der Waals surface area contributed by atoms with E-state index >= 15 is 0 Å². The van der Waals surface area contributed by atoms with Crippen molar-refractivity contribution in [2.45, 2.75) is 18.9 Å². The van der Waals surface area contributed by atoms with Crippen LogP contribution in [0.15, 0.2) is 66.7 Å².